The Morgan fingerprint density at radius 3 is 2.88 bits per heavy atom. The first-order chi connectivity index (χ1) is 11.5. The van der Waals surface area contributed by atoms with Crippen LogP contribution in [0.4, 0.5) is 0 Å². The molecule has 0 aromatic carbocycles. The van der Waals surface area contributed by atoms with Crippen molar-refractivity contribution >= 4 is 18.6 Å². The van der Waals surface area contributed by atoms with E-state index in [2.05, 4.69) is 26.3 Å². The highest BCUT2D eigenvalue weighted by atomic mass is 16.5. The van der Waals surface area contributed by atoms with Gasteiger partial charge >= 0.3 is 5.97 Å². The highest BCUT2D eigenvalue weighted by Crippen LogP contribution is 2.15. The van der Waals surface area contributed by atoms with Crippen molar-refractivity contribution in [1.29, 1.82) is 0 Å². The molecule has 3 N–H and O–H groups in total. The first kappa shape index (κ1) is 15.9. The minimum atomic E-state index is -0.239. The molecule has 0 fully saturated rings. The van der Waals surface area contributed by atoms with Crippen molar-refractivity contribution in [2.24, 2.45) is 0 Å². The second kappa shape index (κ2) is 6.23. The smallest absolute Gasteiger partial charge is 0.305 e. The molecule has 0 saturated heterocycles. The summed E-state index contributed by atoms with van der Waals surface area (Å²) in [6.45, 7) is 5.82. The van der Waals surface area contributed by atoms with E-state index in [0.29, 0.717) is 18.1 Å². The summed E-state index contributed by atoms with van der Waals surface area (Å²) < 4.78 is 4.67. The molecule has 3 heterocycles. The van der Waals surface area contributed by atoms with Crippen LogP contribution in [0.25, 0.3) is 12.7 Å². The maximum absolute atomic E-state index is 12.2. The molecule has 0 atom stereocenters. The highest BCUT2D eigenvalue weighted by molar-refractivity contribution is 5.69. The molecule has 2 aliphatic heterocycles. The molecule has 2 aliphatic rings. The van der Waals surface area contributed by atoms with Crippen molar-refractivity contribution in [3.63, 3.8) is 0 Å². The van der Waals surface area contributed by atoms with Gasteiger partial charge in [0.25, 0.3) is 5.56 Å². The summed E-state index contributed by atoms with van der Waals surface area (Å²) in [5.41, 5.74) is 2.73. The number of hydrogen-bond acceptors (Lipinski definition) is 3. The lowest BCUT2D eigenvalue weighted by atomic mass is 10.1. The molecule has 6 nitrogen and oxygen atoms in total. The number of aromatic amines is 3. The Morgan fingerprint density at radius 2 is 2.12 bits per heavy atom. The third-order valence-electron chi connectivity index (χ3n) is 4.17. The molecule has 24 heavy (non-hydrogen) atoms. The van der Waals surface area contributed by atoms with Crippen LogP contribution in [0.2, 0.25) is 0 Å². The topological polar surface area (TPSA) is 90.7 Å². The average Bonchev–Trinajstić information content (AvgIpc) is 3.06. The Morgan fingerprint density at radius 1 is 1.33 bits per heavy atom. The fraction of sp³-hybridized carbons (Fsp3) is 0.222. The molecule has 0 spiro atoms. The lowest BCUT2D eigenvalue weighted by molar-refractivity contribution is -0.140. The normalized spacial score (nSPS) is 12.0. The van der Waals surface area contributed by atoms with E-state index in [-0.39, 0.29) is 11.5 Å². The van der Waals surface area contributed by atoms with E-state index in [4.69, 9.17) is 0 Å². The van der Waals surface area contributed by atoms with Gasteiger partial charge in [-0.15, -0.1) is 0 Å². The summed E-state index contributed by atoms with van der Waals surface area (Å²) in [4.78, 5) is 32.6. The number of ether oxygens (including phenoxy) is 1. The van der Waals surface area contributed by atoms with Crippen LogP contribution in [-0.4, -0.2) is 28.0 Å². The number of aryl methyl sites for hydroxylation is 1. The fourth-order valence-corrected chi connectivity index (χ4v) is 2.74. The summed E-state index contributed by atoms with van der Waals surface area (Å²) in [5, 5.41) is 2.77. The van der Waals surface area contributed by atoms with Crippen molar-refractivity contribution in [2.75, 3.05) is 7.11 Å². The number of esters is 1. The SMILES string of the molecule is C=c1ccc2[nH]c(=O)c(=Cc3[nH]cc(CCC(=O)OC)c3C)c=2[nH]1. The lowest BCUT2D eigenvalue weighted by Gasteiger charge is -1.99. The van der Waals surface area contributed by atoms with Gasteiger partial charge in [0, 0.05) is 23.7 Å². The molecule has 0 radical (unpaired) electrons. The molecule has 1 aromatic rings. The van der Waals surface area contributed by atoms with Gasteiger partial charge in [-0.25, -0.2) is 0 Å². The molecule has 3 rings (SSSR count). The van der Waals surface area contributed by atoms with E-state index in [0.717, 1.165) is 32.9 Å². The van der Waals surface area contributed by atoms with Crippen LogP contribution in [0.5, 0.6) is 0 Å². The largest absolute Gasteiger partial charge is 0.469 e. The number of methoxy groups -OCH3 is 1. The Bertz CT molecular complexity index is 1120. The Balaban J connectivity index is 2.06. The van der Waals surface area contributed by atoms with Crippen LogP contribution in [0.1, 0.15) is 23.2 Å². The molecule has 124 valence electrons. The van der Waals surface area contributed by atoms with Crippen LogP contribution >= 0.6 is 0 Å². The monoisotopic (exact) mass is 325 g/mol. The zero-order valence-electron chi connectivity index (χ0n) is 13.7. The fourth-order valence-electron chi connectivity index (χ4n) is 2.74. The molecule has 0 saturated carbocycles. The molecule has 1 aromatic heterocycles. The van der Waals surface area contributed by atoms with E-state index in [1.165, 1.54) is 7.11 Å². The Kier molecular flexibility index (Phi) is 4.12. The summed E-state index contributed by atoms with van der Waals surface area (Å²) in [6.07, 6.45) is 4.59. The Hall–Kier alpha value is -3.02. The zero-order valence-corrected chi connectivity index (χ0v) is 13.7. The van der Waals surface area contributed by atoms with Crippen LogP contribution < -0.4 is 16.1 Å². The average molecular weight is 325 g/mol. The quantitative estimate of drug-likeness (QED) is 0.607. The highest BCUT2D eigenvalue weighted by Gasteiger charge is 2.09. The van der Waals surface area contributed by atoms with Gasteiger partial charge in [0.2, 0.25) is 0 Å². The second-order valence-corrected chi connectivity index (χ2v) is 5.71. The predicted molar refractivity (Wildman–Crippen MR) is 90.9 cm³/mol. The van der Waals surface area contributed by atoms with Crippen LogP contribution in [0.3, 0.4) is 0 Å². The van der Waals surface area contributed by atoms with Crippen molar-refractivity contribution in [1.82, 2.24) is 15.0 Å². The molecular weight excluding hydrogens is 306 g/mol. The number of rotatable bonds is 4. The number of aromatic nitrogens is 3. The van der Waals surface area contributed by atoms with E-state index >= 15 is 0 Å². The first-order valence-electron chi connectivity index (χ1n) is 7.65. The first-order valence-corrected chi connectivity index (χ1v) is 7.65. The maximum Gasteiger partial charge on any atom is 0.305 e. The van der Waals surface area contributed by atoms with Gasteiger partial charge in [-0.05, 0) is 42.7 Å². The third kappa shape index (κ3) is 2.90. The van der Waals surface area contributed by atoms with Gasteiger partial charge in [0.1, 0.15) is 0 Å². The standard InChI is InChI=1S/C18H19N3O3/c1-10-4-6-14-17(20-10)13(18(23)21-14)8-15-11(2)12(9-19-15)5-7-16(22)24-3/h4,6,8-9,19-20H,1,5,7H2,2-3H3,(H,21,23). The summed E-state index contributed by atoms with van der Waals surface area (Å²) in [5.74, 6) is -0.239. The molecule has 0 aliphatic carbocycles. The van der Waals surface area contributed by atoms with Gasteiger partial charge in [-0.3, -0.25) is 9.59 Å². The summed E-state index contributed by atoms with van der Waals surface area (Å²) in [7, 11) is 1.38. The molecular formula is C18H19N3O3. The number of nitrogens with one attached hydrogen (secondary N) is 3. The van der Waals surface area contributed by atoms with Gasteiger partial charge in [-0.2, -0.15) is 0 Å². The van der Waals surface area contributed by atoms with Gasteiger partial charge in [-0.1, -0.05) is 6.58 Å². The summed E-state index contributed by atoms with van der Waals surface area (Å²) in [6, 6.07) is 3.64. The van der Waals surface area contributed by atoms with Crippen molar-refractivity contribution in [3.05, 3.63) is 66.8 Å². The minimum Gasteiger partial charge on any atom is -0.469 e. The molecule has 0 amide bonds. The minimum absolute atomic E-state index is 0.156. The van der Waals surface area contributed by atoms with E-state index < -0.39 is 0 Å². The van der Waals surface area contributed by atoms with E-state index in [1.807, 2.05) is 31.3 Å². The predicted octanol–water partition coefficient (Wildman–Crippen LogP) is 0.409. The molecule has 6 heteroatoms. The number of H-pyrrole nitrogens is 3. The van der Waals surface area contributed by atoms with Crippen molar-refractivity contribution in [3.8, 4) is 0 Å². The van der Waals surface area contributed by atoms with Crippen molar-refractivity contribution in [2.45, 2.75) is 19.8 Å². The zero-order chi connectivity index (χ0) is 17.3. The molecule has 0 unspecified atom stereocenters. The third-order valence-corrected chi connectivity index (χ3v) is 4.17. The Labute approximate surface area is 137 Å². The summed E-state index contributed by atoms with van der Waals surface area (Å²) >= 11 is 0. The number of carbonyl (C=O) groups excluding carboxylic acids is 1. The molecule has 0 bridgehead atoms. The van der Waals surface area contributed by atoms with Crippen LogP contribution in [0, 0.1) is 17.6 Å². The van der Waals surface area contributed by atoms with Gasteiger partial charge in [0.05, 0.1) is 23.0 Å². The van der Waals surface area contributed by atoms with E-state index in [9.17, 15) is 9.59 Å². The number of hydrogen-bond donors (Lipinski definition) is 3. The van der Waals surface area contributed by atoms with Crippen molar-refractivity contribution < 1.29 is 9.53 Å². The van der Waals surface area contributed by atoms with E-state index in [1.54, 1.807) is 0 Å². The lowest BCUT2D eigenvalue weighted by Crippen LogP contribution is -2.24. The van der Waals surface area contributed by atoms with Crippen LogP contribution in [0.15, 0.2) is 23.1 Å². The van der Waals surface area contributed by atoms with Gasteiger partial charge in [0.15, 0.2) is 0 Å². The van der Waals surface area contributed by atoms with Gasteiger partial charge < -0.3 is 19.7 Å². The second-order valence-electron chi connectivity index (χ2n) is 5.71. The maximum atomic E-state index is 12.2. The van der Waals surface area contributed by atoms with Crippen LogP contribution in [-0.2, 0) is 16.0 Å². The number of carbonyl (C=O) groups is 1.